The third kappa shape index (κ3) is 2.91. The Hall–Kier alpha value is -1.58. The van der Waals surface area contributed by atoms with Gasteiger partial charge < -0.3 is 9.88 Å². The number of fused-ring (bicyclic) bond motifs is 1. The molecule has 2 nitrogen and oxygen atoms in total. The maximum atomic E-state index is 3.82. The van der Waals surface area contributed by atoms with Crippen LogP contribution in [0.15, 0.2) is 35.7 Å². The minimum Gasteiger partial charge on any atom is -0.353 e. The highest BCUT2D eigenvalue weighted by atomic mass is 32.1. The van der Waals surface area contributed by atoms with Crippen molar-refractivity contribution in [3.63, 3.8) is 0 Å². The lowest BCUT2D eigenvalue weighted by molar-refractivity contribution is 0.404. The monoisotopic (exact) mass is 338 g/mol. The molecule has 24 heavy (non-hydrogen) atoms. The SMILES string of the molecule is CN(C)Cc1csc2c(C3CCCCC3)c(-c3ccccc3)[nH]c12. The molecule has 0 radical (unpaired) electrons. The quantitative estimate of drug-likeness (QED) is 0.617. The van der Waals surface area contributed by atoms with E-state index in [-0.39, 0.29) is 0 Å². The summed E-state index contributed by atoms with van der Waals surface area (Å²) in [4.78, 5) is 6.07. The summed E-state index contributed by atoms with van der Waals surface area (Å²) in [6.07, 6.45) is 6.84. The van der Waals surface area contributed by atoms with Crippen LogP contribution < -0.4 is 0 Å². The second-order valence-electron chi connectivity index (χ2n) is 7.32. The Morgan fingerprint density at radius 2 is 1.83 bits per heavy atom. The Labute approximate surface area is 148 Å². The molecule has 126 valence electrons. The van der Waals surface area contributed by atoms with Gasteiger partial charge in [0.25, 0.3) is 0 Å². The highest BCUT2D eigenvalue weighted by Gasteiger charge is 2.25. The van der Waals surface area contributed by atoms with Gasteiger partial charge in [-0.05, 0) is 49.4 Å². The Balaban J connectivity index is 1.87. The summed E-state index contributed by atoms with van der Waals surface area (Å²) in [6.45, 7) is 0.999. The molecule has 0 bridgehead atoms. The first kappa shape index (κ1) is 15.9. The van der Waals surface area contributed by atoms with E-state index in [2.05, 4.69) is 59.7 Å². The molecule has 0 atom stereocenters. The average Bonchev–Trinajstić information content (AvgIpc) is 3.16. The van der Waals surface area contributed by atoms with Crippen molar-refractivity contribution in [2.24, 2.45) is 0 Å². The maximum Gasteiger partial charge on any atom is 0.0617 e. The maximum absolute atomic E-state index is 3.82. The molecule has 3 heteroatoms. The van der Waals surface area contributed by atoms with E-state index in [0.717, 1.165) is 6.54 Å². The van der Waals surface area contributed by atoms with E-state index in [0.29, 0.717) is 5.92 Å². The lowest BCUT2D eigenvalue weighted by atomic mass is 9.83. The number of thiophene rings is 1. The van der Waals surface area contributed by atoms with Gasteiger partial charge in [-0.3, -0.25) is 0 Å². The zero-order valence-electron chi connectivity index (χ0n) is 14.6. The van der Waals surface area contributed by atoms with E-state index >= 15 is 0 Å². The van der Waals surface area contributed by atoms with Gasteiger partial charge in [0, 0.05) is 12.1 Å². The molecule has 2 heterocycles. The van der Waals surface area contributed by atoms with Crippen LogP contribution in [0.4, 0.5) is 0 Å². The molecule has 1 aliphatic rings. The first-order chi connectivity index (χ1) is 11.7. The number of H-pyrrole nitrogens is 1. The molecule has 4 rings (SSSR count). The van der Waals surface area contributed by atoms with E-state index in [4.69, 9.17) is 0 Å². The molecule has 2 aromatic heterocycles. The topological polar surface area (TPSA) is 19.0 Å². The molecule has 1 fully saturated rings. The standard InChI is InChI=1S/C21H26N2S/c1-23(2)13-17-14-24-21-18(15-9-5-3-6-10-15)19(22-20(17)21)16-11-7-4-8-12-16/h4,7-8,11-12,14-15,22H,3,5-6,9-10,13H2,1-2H3. The van der Waals surface area contributed by atoms with E-state index in [1.807, 2.05) is 11.3 Å². The summed E-state index contributed by atoms with van der Waals surface area (Å²) in [5.74, 6) is 0.716. The molecule has 3 aromatic rings. The van der Waals surface area contributed by atoms with Crippen LogP contribution in [0.25, 0.3) is 21.5 Å². The number of hydrogen-bond acceptors (Lipinski definition) is 2. The molecule has 0 spiro atoms. The zero-order valence-corrected chi connectivity index (χ0v) is 15.5. The second-order valence-corrected chi connectivity index (χ2v) is 8.20. The second kappa shape index (κ2) is 6.73. The summed E-state index contributed by atoms with van der Waals surface area (Å²) in [5.41, 5.74) is 7.08. The smallest absolute Gasteiger partial charge is 0.0617 e. The highest BCUT2D eigenvalue weighted by Crippen LogP contribution is 2.45. The van der Waals surface area contributed by atoms with Crippen LogP contribution in [0.2, 0.25) is 0 Å². The van der Waals surface area contributed by atoms with Crippen LogP contribution >= 0.6 is 11.3 Å². The lowest BCUT2D eigenvalue weighted by Crippen LogP contribution is -2.10. The average molecular weight is 339 g/mol. The van der Waals surface area contributed by atoms with Crippen molar-refractivity contribution in [1.29, 1.82) is 0 Å². The minimum absolute atomic E-state index is 0.716. The first-order valence-corrected chi connectivity index (χ1v) is 9.94. The number of rotatable bonds is 4. The fourth-order valence-corrected chi connectivity index (χ4v) is 5.25. The molecular formula is C21H26N2S. The van der Waals surface area contributed by atoms with E-state index in [9.17, 15) is 0 Å². The molecule has 1 saturated carbocycles. The van der Waals surface area contributed by atoms with Crippen molar-refractivity contribution in [3.05, 3.63) is 46.8 Å². The third-order valence-electron chi connectivity index (χ3n) is 5.19. The molecular weight excluding hydrogens is 312 g/mol. The number of hydrogen-bond donors (Lipinski definition) is 1. The normalized spacial score (nSPS) is 16.3. The van der Waals surface area contributed by atoms with Crippen LogP contribution in [-0.4, -0.2) is 24.0 Å². The van der Waals surface area contributed by atoms with Crippen LogP contribution in [0.1, 0.15) is 49.1 Å². The Kier molecular flexibility index (Phi) is 4.47. The van der Waals surface area contributed by atoms with Crippen LogP contribution in [0, 0.1) is 0 Å². The number of benzene rings is 1. The fraction of sp³-hybridized carbons (Fsp3) is 0.429. The van der Waals surface area contributed by atoms with Crippen molar-refractivity contribution >= 4 is 21.6 Å². The lowest BCUT2D eigenvalue weighted by Gasteiger charge is -2.22. The van der Waals surface area contributed by atoms with Gasteiger partial charge >= 0.3 is 0 Å². The van der Waals surface area contributed by atoms with Crippen LogP contribution in [0.3, 0.4) is 0 Å². The van der Waals surface area contributed by atoms with Gasteiger partial charge in [-0.2, -0.15) is 0 Å². The van der Waals surface area contributed by atoms with Gasteiger partial charge in [0.2, 0.25) is 0 Å². The highest BCUT2D eigenvalue weighted by molar-refractivity contribution is 7.17. The molecule has 0 unspecified atom stereocenters. The summed E-state index contributed by atoms with van der Waals surface area (Å²) in [7, 11) is 4.29. The third-order valence-corrected chi connectivity index (χ3v) is 6.26. The van der Waals surface area contributed by atoms with Gasteiger partial charge in [0.15, 0.2) is 0 Å². The van der Waals surface area contributed by atoms with Gasteiger partial charge in [-0.1, -0.05) is 49.6 Å². The van der Waals surface area contributed by atoms with Crippen molar-refractivity contribution in [3.8, 4) is 11.3 Å². The molecule has 1 aromatic carbocycles. The molecule has 0 aliphatic heterocycles. The number of nitrogens with zero attached hydrogens (tertiary/aromatic N) is 1. The van der Waals surface area contributed by atoms with Gasteiger partial charge in [0.05, 0.1) is 15.9 Å². The van der Waals surface area contributed by atoms with Gasteiger partial charge in [-0.25, -0.2) is 0 Å². The summed E-state index contributed by atoms with van der Waals surface area (Å²) >= 11 is 1.93. The predicted octanol–water partition coefficient (Wildman–Crippen LogP) is 6.01. The van der Waals surface area contributed by atoms with Crippen molar-refractivity contribution in [2.45, 2.75) is 44.6 Å². The Morgan fingerprint density at radius 1 is 1.08 bits per heavy atom. The largest absolute Gasteiger partial charge is 0.353 e. The van der Waals surface area contributed by atoms with Crippen LogP contribution in [0.5, 0.6) is 0 Å². The summed E-state index contributed by atoms with van der Waals surface area (Å²) in [6, 6.07) is 10.9. The van der Waals surface area contributed by atoms with Gasteiger partial charge in [-0.15, -0.1) is 11.3 Å². The van der Waals surface area contributed by atoms with Crippen LogP contribution in [-0.2, 0) is 6.54 Å². The molecule has 0 saturated heterocycles. The Bertz CT molecular complexity index is 807. The zero-order chi connectivity index (χ0) is 16.5. The van der Waals surface area contributed by atoms with E-state index in [1.54, 1.807) is 5.56 Å². The van der Waals surface area contributed by atoms with Crippen molar-refractivity contribution < 1.29 is 0 Å². The molecule has 0 amide bonds. The number of aromatic nitrogens is 1. The van der Waals surface area contributed by atoms with E-state index in [1.165, 1.54) is 59.1 Å². The first-order valence-electron chi connectivity index (χ1n) is 9.06. The number of aromatic amines is 1. The summed E-state index contributed by atoms with van der Waals surface area (Å²) in [5, 5.41) is 2.35. The predicted molar refractivity (Wildman–Crippen MR) is 105 cm³/mol. The minimum atomic E-state index is 0.716. The van der Waals surface area contributed by atoms with Gasteiger partial charge in [0.1, 0.15) is 0 Å². The molecule has 1 N–H and O–H groups in total. The fourth-order valence-electron chi connectivity index (χ4n) is 4.11. The Morgan fingerprint density at radius 3 is 2.54 bits per heavy atom. The van der Waals surface area contributed by atoms with Crippen molar-refractivity contribution in [2.75, 3.05) is 14.1 Å². The van der Waals surface area contributed by atoms with Crippen molar-refractivity contribution in [1.82, 2.24) is 9.88 Å². The summed E-state index contributed by atoms with van der Waals surface area (Å²) < 4.78 is 1.50. The van der Waals surface area contributed by atoms with E-state index < -0.39 is 0 Å². The molecule has 1 aliphatic carbocycles. The number of nitrogens with one attached hydrogen (secondary N) is 1.